The summed E-state index contributed by atoms with van der Waals surface area (Å²) in [4.78, 5) is 11.0. The summed E-state index contributed by atoms with van der Waals surface area (Å²) in [6.45, 7) is 7.98. The standard InChI is InChI=1S/C14H24N4O/c1-3-8-19-14-10-15-9-13(17-14)18(4-2)11-12-6-5-7-16-12/h9-10,12,16H,3-8,11H2,1-2H3. The zero-order valence-electron chi connectivity index (χ0n) is 11.9. The van der Waals surface area contributed by atoms with E-state index in [0.717, 1.165) is 31.9 Å². The van der Waals surface area contributed by atoms with Crippen LogP contribution in [0.3, 0.4) is 0 Å². The topological polar surface area (TPSA) is 50.3 Å². The SMILES string of the molecule is CCCOc1cncc(N(CC)CC2CCCN2)n1. The molecule has 0 radical (unpaired) electrons. The van der Waals surface area contributed by atoms with Gasteiger partial charge in [0, 0.05) is 19.1 Å². The van der Waals surface area contributed by atoms with Crippen molar-refractivity contribution < 1.29 is 4.74 Å². The van der Waals surface area contributed by atoms with Gasteiger partial charge in [-0.05, 0) is 32.7 Å². The molecule has 0 aliphatic carbocycles. The van der Waals surface area contributed by atoms with Crippen molar-refractivity contribution in [2.75, 3.05) is 31.1 Å². The number of hydrogen-bond donors (Lipinski definition) is 1. The average molecular weight is 264 g/mol. The number of nitrogens with zero attached hydrogens (tertiary/aromatic N) is 3. The van der Waals surface area contributed by atoms with Gasteiger partial charge in [-0.2, -0.15) is 4.98 Å². The molecule has 1 aliphatic rings. The number of rotatable bonds is 7. The lowest BCUT2D eigenvalue weighted by molar-refractivity contribution is 0.304. The van der Waals surface area contributed by atoms with E-state index in [4.69, 9.17) is 4.74 Å². The second-order valence-corrected chi connectivity index (χ2v) is 4.90. The molecule has 5 nitrogen and oxygen atoms in total. The van der Waals surface area contributed by atoms with Crippen molar-refractivity contribution >= 4 is 5.82 Å². The molecule has 0 spiro atoms. The first-order valence-electron chi connectivity index (χ1n) is 7.26. The Hall–Kier alpha value is -1.36. The third-order valence-electron chi connectivity index (χ3n) is 3.36. The Bertz CT molecular complexity index is 379. The third-order valence-corrected chi connectivity index (χ3v) is 3.36. The number of hydrogen-bond acceptors (Lipinski definition) is 5. The van der Waals surface area contributed by atoms with E-state index in [0.29, 0.717) is 18.5 Å². The van der Waals surface area contributed by atoms with E-state index >= 15 is 0 Å². The van der Waals surface area contributed by atoms with Gasteiger partial charge in [0.15, 0.2) is 5.82 Å². The van der Waals surface area contributed by atoms with Gasteiger partial charge in [0.2, 0.25) is 5.88 Å². The zero-order chi connectivity index (χ0) is 13.5. The van der Waals surface area contributed by atoms with Gasteiger partial charge in [-0.3, -0.25) is 4.98 Å². The summed E-state index contributed by atoms with van der Waals surface area (Å²) >= 11 is 0. The molecule has 1 N–H and O–H groups in total. The molecule has 1 unspecified atom stereocenters. The molecule has 1 fully saturated rings. The van der Waals surface area contributed by atoms with Gasteiger partial charge in [-0.1, -0.05) is 6.92 Å². The molecular formula is C14H24N4O. The van der Waals surface area contributed by atoms with Gasteiger partial charge in [0.1, 0.15) is 0 Å². The number of nitrogens with one attached hydrogen (secondary N) is 1. The van der Waals surface area contributed by atoms with E-state index in [1.165, 1.54) is 12.8 Å². The molecule has 2 heterocycles. The molecule has 106 valence electrons. The first-order chi connectivity index (χ1) is 9.33. The largest absolute Gasteiger partial charge is 0.477 e. The molecule has 2 rings (SSSR count). The normalized spacial score (nSPS) is 18.5. The Balaban J connectivity index is 2.00. The fourth-order valence-corrected chi connectivity index (χ4v) is 2.33. The van der Waals surface area contributed by atoms with Crippen molar-refractivity contribution in [2.24, 2.45) is 0 Å². The van der Waals surface area contributed by atoms with Crippen molar-refractivity contribution in [3.63, 3.8) is 0 Å². The molecule has 1 atom stereocenters. The van der Waals surface area contributed by atoms with Gasteiger partial charge >= 0.3 is 0 Å². The minimum atomic E-state index is 0.571. The van der Waals surface area contributed by atoms with Gasteiger partial charge < -0.3 is 15.0 Å². The molecule has 1 aliphatic heterocycles. The van der Waals surface area contributed by atoms with Crippen LogP contribution in [0.5, 0.6) is 5.88 Å². The molecule has 0 amide bonds. The second-order valence-electron chi connectivity index (χ2n) is 4.90. The van der Waals surface area contributed by atoms with Crippen LogP contribution in [-0.2, 0) is 0 Å². The molecule has 1 aromatic rings. The maximum absolute atomic E-state index is 5.54. The number of likely N-dealkylation sites (N-methyl/N-ethyl adjacent to an activating group) is 1. The molecule has 0 bridgehead atoms. The molecule has 0 aromatic carbocycles. The summed E-state index contributed by atoms with van der Waals surface area (Å²) in [6, 6.07) is 0.571. The van der Waals surface area contributed by atoms with Gasteiger partial charge in [-0.25, -0.2) is 0 Å². The summed E-state index contributed by atoms with van der Waals surface area (Å²) in [6.07, 6.45) is 7.00. The summed E-state index contributed by atoms with van der Waals surface area (Å²) in [5.74, 6) is 1.53. The molecule has 0 saturated carbocycles. The third kappa shape index (κ3) is 4.06. The van der Waals surface area contributed by atoms with Crippen LogP contribution in [0.1, 0.15) is 33.1 Å². The lowest BCUT2D eigenvalue weighted by Gasteiger charge is -2.25. The van der Waals surface area contributed by atoms with Crippen molar-refractivity contribution in [2.45, 2.75) is 39.2 Å². The van der Waals surface area contributed by atoms with E-state index < -0.39 is 0 Å². The van der Waals surface area contributed by atoms with Crippen LogP contribution < -0.4 is 15.0 Å². The van der Waals surface area contributed by atoms with Crippen LogP contribution in [0.4, 0.5) is 5.82 Å². The average Bonchev–Trinajstić information content (AvgIpc) is 2.96. The Morgan fingerprint density at radius 3 is 3.00 bits per heavy atom. The van der Waals surface area contributed by atoms with Crippen molar-refractivity contribution in [3.8, 4) is 5.88 Å². The monoisotopic (exact) mass is 264 g/mol. The summed E-state index contributed by atoms with van der Waals surface area (Å²) in [5.41, 5.74) is 0. The van der Waals surface area contributed by atoms with Gasteiger partial charge in [0.25, 0.3) is 0 Å². The molecule has 5 heteroatoms. The van der Waals surface area contributed by atoms with Crippen LogP contribution in [-0.4, -0.2) is 42.3 Å². The highest BCUT2D eigenvalue weighted by atomic mass is 16.5. The first-order valence-corrected chi connectivity index (χ1v) is 7.26. The van der Waals surface area contributed by atoms with Crippen molar-refractivity contribution in [1.82, 2.24) is 15.3 Å². The first kappa shape index (κ1) is 14.1. The summed E-state index contributed by atoms with van der Waals surface area (Å²) < 4.78 is 5.54. The van der Waals surface area contributed by atoms with Crippen LogP contribution in [0.25, 0.3) is 0 Å². The maximum atomic E-state index is 5.54. The molecule has 1 saturated heterocycles. The Labute approximate surface area is 115 Å². The fourth-order valence-electron chi connectivity index (χ4n) is 2.33. The van der Waals surface area contributed by atoms with Crippen LogP contribution in [0.15, 0.2) is 12.4 Å². The lowest BCUT2D eigenvalue weighted by atomic mass is 10.2. The maximum Gasteiger partial charge on any atom is 0.234 e. The quantitative estimate of drug-likeness (QED) is 0.814. The van der Waals surface area contributed by atoms with E-state index in [2.05, 4.69) is 34.0 Å². The summed E-state index contributed by atoms with van der Waals surface area (Å²) in [5, 5.41) is 3.52. The Kier molecular flexibility index (Phi) is 5.39. The van der Waals surface area contributed by atoms with Crippen molar-refractivity contribution in [3.05, 3.63) is 12.4 Å². The Morgan fingerprint density at radius 2 is 2.32 bits per heavy atom. The fraction of sp³-hybridized carbons (Fsp3) is 0.714. The van der Waals surface area contributed by atoms with Crippen LogP contribution >= 0.6 is 0 Å². The van der Waals surface area contributed by atoms with Crippen LogP contribution in [0.2, 0.25) is 0 Å². The van der Waals surface area contributed by atoms with Gasteiger partial charge in [-0.15, -0.1) is 0 Å². The lowest BCUT2D eigenvalue weighted by Crippen LogP contribution is -2.38. The highest BCUT2D eigenvalue weighted by Crippen LogP contribution is 2.16. The van der Waals surface area contributed by atoms with Crippen LogP contribution in [0, 0.1) is 0 Å². The minimum absolute atomic E-state index is 0.571. The van der Waals surface area contributed by atoms with E-state index in [1.54, 1.807) is 6.20 Å². The second kappa shape index (κ2) is 7.28. The molecule has 19 heavy (non-hydrogen) atoms. The highest BCUT2D eigenvalue weighted by molar-refractivity contribution is 5.37. The Morgan fingerprint density at radius 1 is 1.42 bits per heavy atom. The van der Waals surface area contributed by atoms with E-state index in [1.807, 2.05) is 6.20 Å². The predicted molar refractivity (Wildman–Crippen MR) is 76.7 cm³/mol. The molecular weight excluding hydrogens is 240 g/mol. The van der Waals surface area contributed by atoms with E-state index in [-0.39, 0.29) is 0 Å². The smallest absolute Gasteiger partial charge is 0.234 e. The number of aromatic nitrogens is 2. The number of ether oxygens (including phenoxy) is 1. The zero-order valence-corrected chi connectivity index (χ0v) is 11.9. The van der Waals surface area contributed by atoms with Crippen molar-refractivity contribution in [1.29, 1.82) is 0 Å². The number of anilines is 1. The van der Waals surface area contributed by atoms with E-state index in [9.17, 15) is 0 Å². The highest BCUT2D eigenvalue weighted by Gasteiger charge is 2.18. The predicted octanol–water partition coefficient (Wildman–Crippen LogP) is 1.84. The summed E-state index contributed by atoms with van der Waals surface area (Å²) in [7, 11) is 0. The minimum Gasteiger partial charge on any atom is -0.477 e. The van der Waals surface area contributed by atoms with Gasteiger partial charge in [0.05, 0.1) is 19.0 Å². The molecule has 1 aromatic heterocycles.